The molecule has 0 bridgehead atoms. The molecule has 1 aliphatic carbocycles. The predicted molar refractivity (Wildman–Crippen MR) is 91.0 cm³/mol. The quantitative estimate of drug-likeness (QED) is 0.658. The fraction of sp³-hybridized carbons (Fsp3) is 0.316. The van der Waals surface area contributed by atoms with Crippen LogP contribution in [0.5, 0.6) is 17.6 Å². The number of halogens is 1. The Kier molecular flexibility index (Phi) is 4.39. The van der Waals surface area contributed by atoms with Gasteiger partial charge in [-0.3, -0.25) is 0 Å². The van der Waals surface area contributed by atoms with Gasteiger partial charge in [-0.1, -0.05) is 5.16 Å². The lowest BCUT2D eigenvalue weighted by Crippen LogP contribution is -2.44. The minimum Gasteiger partial charge on any atom is -0.856 e. The van der Waals surface area contributed by atoms with Gasteiger partial charge in [-0.2, -0.15) is 0 Å². The van der Waals surface area contributed by atoms with Crippen LogP contribution >= 0.6 is 0 Å². The molecule has 0 radical (unpaired) electrons. The molecule has 0 unspecified atom stereocenters. The zero-order valence-corrected chi connectivity index (χ0v) is 14.6. The highest BCUT2D eigenvalue weighted by Crippen LogP contribution is 2.47. The van der Waals surface area contributed by atoms with E-state index in [9.17, 15) is 5.11 Å². The summed E-state index contributed by atoms with van der Waals surface area (Å²) in [6.45, 7) is 2.33. The van der Waals surface area contributed by atoms with E-state index < -0.39 is 11.5 Å². The molecule has 3 aromatic rings. The number of alkyl halides is 1. The molecule has 3 aromatic heterocycles. The number of aromatic nitrogens is 3. The Morgan fingerprint density at radius 2 is 2.07 bits per heavy atom. The molecule has 1 fully saturated rings. The van der Waals surface area contributed by atoms with Gasteiger partial charge in [-0.15, -0.1) is 0 Å². The first-order valence-corrected chi connectivity index (χ1v) is 8.61. The lowest BCUT2D eigenvalue weighted by molar-refractivity contribution is -0.277. The molecule has 0 saturated heterocycles. The summed E-state index contributed by atoms with van der Waals surface area (Å²) in [6.07, 6.45) is 3.26. The first-order valence-electron chi connectivity index (χ1n) is 8.61. The predicted octanol–water partition coefficient (Wildman–Crippen LogP) is 3.01. The van der Waals surface area contributed by atoms with Crippen molar-refractivity contribution >= 4 is 0 Å². The maximum atomic E-state index is 15.1. The zero-order chi connectivity index (χ0) is 18.9. The Balaban J connectivity index is 1.38. The molecule has 8 heteroatoms. The van der Waals surface area contributed by atoms with Gasteiger partial charge in [-0.25, -0.2) is 14.4 Å². The van der Waals surface area contributed by atoms with Crippen molar-refractivity contribution in [3.8, 4) is 29.0 Å². The molecule has 1 aliphatic rings. The fourth-order valence-corrected chi connectivity index (χ4v) is 3.06. The van der Waals surface area contributed by atoms with Crippen LogP contribution in [0.1, 0.15) is 25.3 Å². The van der Waals surface area contributed by atoms with Crippen LogP contribution in [-0.4, -0.2) is 27.8 Å². The van der Waals surface area contributed by atoms with Gasteiger partial charge in [0.1, 0.15) is 11.8 Å². The molecular formula is C19H17FN3O4-. The summed E-state index contributed by atoms with van der Waals surface area (Å²) in [4.78, 5) is 8.24. The maximum Gasteiger partial charge on any atom is 0.213 e. The number of nitrogens with zero attached hydrogens (tertiary/aromatic N) is 3. The van der Waals surface area contributed by atoms with Crippen molar-refractivity contribution in [1.29, 1.82) is 0 Å². The van der Waals surface area contributed by atoms with Crippen molar-refractivity contribution in [3.63, 3.8) is 0 Å². The average molecular weight is 370 g/mol. The van der Waals surface area contributed by atoms with Gasteiger partial charge in [0, 0.05) is 48.8 Å². The minimum absolute atomic E-state index is 0.230. The van der Waals surface area contributed by atoms with Gasteiger partial charge in [0.2, 0.25) is 11.8 Å². The first-order chi connectivity index (χ1) is 13.1. The summed E-state index contributed by atoms with van der Waals surface area (Å²) in [5, 5.41) is 14.4. The third-order valence-corrected chi connectivity index (χ3v) is 4.44. The number of rotatable bonds is 6. The van der Waals surface area contributed by atoms with Crippen molar-refractivity contribution in [1.82, 2.24) is 15.1 Å². The average Bonchev–Trinajstić information content (AvgIpc) is 3.08. The number of hydrogen-bond donors (Lipinski definition) is 0. The van der Waals surface area contributed by atoms with E-state index in [1.165, 1.54) is 12.3 Å². The van der Waals surface area contributed by atoms with E-state index in [0.29, 0.717) is 35.3 Å². The smallest absolute Gasteiger partial charge is 0.213 e. The monoisotopic (exact) mass is 370 g/mol. The largest absolute Gasteiger partial charge is 0.856 e. The molecule has 7 nitrogen and oxygen atoms in total. The molecule has 27 heavy (non-hydrogen) atoms. The Morgan fingerprint density at radius 3 is 2.74 bits per heavy atom. The molecule has 4 rings (SSSR count). The highest BCUT2D eigenvalue weighted by atomic mass is 19.1. The molecule has 0 spiro atoms. The Morgan fingerprint density at radius 1 is 1.22 bits per heavy atom. The minimum atomic E-state index is -1.45. The first kappa shape index (κ1) is 17.3. The van der Waals surface area contributed by atoms with Crippen LogP contribution in [0.15, 0.2) is 47.2 Å². The molecule has 140 valence electrons. The molecule has 3 heterocycles. The van der Waals surface area contributed by atoms with Gasteiger partial charge >= 0.3 is 0 Å². The van der Waals surface area contributed by atoms with E-state index in [1.807, 2.05) is 6.92 Å². The van der Waals surface area contributed by atoms with Crippen LogP contribution in [0.25, 0.3) is 11.3 Å². The molecule has 0 amide bonds. The second-order valence-corrected chi connectivity index (χ2v) is 6.34. The second-order valence-electron chi connectivity index (χ2n) is 6.34. The van der Waals surface area contributed by atoms with Crippen LogP contribution in [0, 0.1) is 0 Å². The Hall–Kier alpha value is -3.16. The molecule has 0 N–H and O–H groups in total. The number of pyridine rings is 2. The van der Waals surface area contributed by atoms with Gasteiger partial charge in [-0.05, 0) is 30.7 Å². The maximum absolute atomic E-state index is 15.1. The van der Waals surface area contributed by atoms with Crippen LogP contribution in [0.4, 0.5) is 4.39 Å². The van der Waals surface area contributed by atoms with E-state index >= 15 is 4.39 Å². The van der Waals surface area contributed by atoms with E-state index in [4.69, 9.17) is 14.0 Å². The molecule has 1 saturated carbocycles. The Labute approximate surface area is 154 Å². The van der Waals surface area contributed by atoms with Crippen molar-refractivity contribution in [2.45, 2.75) is 31.5 Å². The second kappa shape index (κ2) is 6.86. The molecule has 0 aromatic carbocycles. The van der Waals surface area contributed by atoms with Crippen LogP contribution in [0.3, 0.4) is 0 Å². The summed E-state index contributed by atoms with van der Waals surface area (Å²) in [7, 11) is 0. The van der Waals surface area contributed by atoms with Gasteiger partial charge in [0.25, 0.3) is 0 Å². The van der Waals surface area contributed by atoms with E-state index in [0.717, 1.165) is 0 Å². The van der Waals surface area contributed by atoms with E-state index in [-0.39, 0.29) is 18.9 Å². The third kappa shape index (κ3) is 3.55. The Bertz CT molecular complexity index is 923. The standard InChI is InChI=1S/C19H18FN3O4/c1-2-25-18-7-13(5-6-21-18)19(20)9-14(10-19)26-17-4-3-12(11-22-17)15-8-16(24)23-27-15/h3-8,11,14H,2,9-10H2,1H3,(H,23,24)/p-1. The SMILES string of the molecule is CCOc1cc(C2(F)CC(Oc3ccc(-c4cc([O-])no4)cn3)C2)ccn1. The van der Waals surface area contributed by atoms with Crippen molar-refractivity contribution in [2.75, 3.05) is 6.61 Å². The summed E-state index contributed by atoms with van der Waals surface area (Å²) in [5.41, 5.74) is -0.294. The van der Waals surface area contributed by atoms with Crippen molar-refractivity contribution in [3.05, 3.63) is 48.3 Å². The fourth-order valence-electron chi connectivity index (χ4n) is 3.06. The zero-order valence-electron chi connectivity index (χ0n) is 14.6. The van der Waals surface area contributed by atoms with Gasteiger partial charge < -0.3 is 19.1 Å². The third-order valence-electron chi connectivity index (χ3n) is 4.44. The lowest BCUT2D eigenvalue weighted by Gasteiger charge is -2.41. The van der Waals surface area contributed by atoms with Crippen LogP contribution in [0.2, 0.25) is 0 Å². The number of hydrogen-bond acceptors (Lipinski definition) is 7. The normalized spacial score (nSPS) is 21.5. The summed E-state index contributed by atoms with van der Waals surface area (Å²) < 4.78 is 31.0. The lowest BCUT2D eigenvalue weighted by atomic mass is 9.74. The molecule has 0 aliphatic heterocycles. The van der Waals surface area contributed by atoms with E-state index in [2.05, 4.69) is 15.1 Å². The van der Waals surface area contributed by atoms with Gasteiger partial charge in [0.05, 0.1) is 6.61 Å². The van der Waals surface area contributed by atoms with Crippen LogP contribution in [-0.2, 0) is 5.67 Å². The highest BCUT2D eigenvalue weighted by molar-refractivity contribution is 5.56. The number of ether oxygens (including phenoxy) is 2. The highest BCUT2D eigenvalue weighted by Gasteiger charge is 2.48. The van der Waals surface area contributed by atoms with Crippen LogP contribution < -0.4 is 14.6 Å². The van der Waals surface area contributed by atoms with Crippen molar-refractivity contribution in [2.24, 2.45) is 0 Å². The van der Waals surface area contributed by atoms with Gasteiger partial charge in [0.15, 0.2) is 5.76 Å². The molecular weight excluding hydrogens is 353 g/mol. The van der Waals surface area contributed by atoms with E-state index in [1.54, 1.807) is 30.5 Å². The summed E-state index contributed by atoms with van der Waals surface area (Å²) >= 11 is 0. The van der Waals surface area contributed by atoms with Crippen molar-refractivity contribution < 1.29 is 23.5 Å². The summed E-state index contributed by atoms with van der Waals surface area (Å²) in [6, 6.07) is 7.94. The summed E-state index contributed by atoms with van der Waals surface area (Å²) in [5.74, 6) is 0.704. The molecule has 0 atom stereocenters. The topological polar surface area (TPSA) is 93.3 Å².